The number of nitrogens with one attached hydrogen (secondary N) is 1. The summed E-state index contributed by atoms with van der Waals surface area (Å²) in [7, 11) is -3.89. The molecular weight excluding hydrogens is 243 g/mol. The zero-order chi connectivity index (χ0) is 12.7. The normalized spacial score (nSPS) is 17.1. The minimum Gasteiger partial charge on any atom is -0.241 e. The second kappa shape index (κ2) is 4.03. The lowest BCUT2D eigenvalue weighted by Gasteiger charge is -2.25. The highest BCUT2D eigenvalue weighted by molar-refractivity contribution is 7.89. The minimum absolute atomic E-state index is 0.323. The third-order valence-corrected chi connectivity index (χ3v) is 4.58. The Balaban J connectivity index is 2.28. The predicted octanol–water partition coefficient (Wildman–Crippen LogP) is 1.69. The molecule has 0 atom stereocenters. The third kappa shape index (κ3) is 2.63. The number of aromatic nitrogens is 1. The molecule has 2 rings (SSSR count). The molecule has 0 aromatic carbocycles. The number of halogens is 1. The van der Waals surface area contributed by atoms with Crippen molar-refractivity contribution >= 4 is 10.0 Å². The van der Waals surface area contributed by atoms with Crippen LogP contribution in [0.1, 0.15) is 26.7 Å². The van der Waals surface area contributed by atoms with E-state index in [2.05, 4.69) is 9.71 Å². The van der Waals surface area contributed by atoms with Crippen LogP contribution in [0, 0.1) is 11.7 Å². The Hall–Kier alpha value is -1.01. The minimum atomic E-state index is -3.89. The van der Waals surface area contributed by atoms with Gasteiger partial charge in [-0.2, -0.15) is 0 Å². The molecule has 1 fully saturated rings. The van der Waals surface area contributed by atoms with E-state index in [1.54, 1.807) is 0 Å². The molecular formula is C11H15FN2O2S. The maximum absolute atomic E-state index is 13.4. The van der Waals surface area contributed by atoms with Gasteiger partial charge in [-0.3, -0.25) is 0 Å². The van der Waals surface area contributed by atoms with E-state index in [4.69, 9.17) is 0 Å². The monoisotopic (exact) mass is 258 g/mol. The summed E-state index contributed by atoms with van der Waals surface area (Å²) in [5.74, 6) is -0.504. The number of rotatable bonds is 4. The first-order valence-corrected chi connectivity index (χ1v) is 6.96. The molecule has 0 aliphatic heterocycles. The van der Waals surface area contributed by atoms with Crippen LogP contribution in [-0.2, 0) is 10.0 Å². The largest absolute Gasteiger partial charge is 0.261 e. The maximum Gasteiger partial charge on any atom is 0.261 e. The van der Waals surface area contributed by atoms with Crippen LogP contribution < -0.4 is 4.72 Å². The highest BCUT2D eigenvalue weighted by Gasteiger charge is 2.41. The van der Waals surface area contributed by atoms with Gasteiger partial charge in [-0.05, 0) is 44.7 Å². The highest BCUT2D eigenvalue weighted by Crippen LogP contribution is 2.39. The Morgan fingerprint density at radius 1 is 1.47 bits per heavy atom. The van der Waals surface area contributed by atoms with Gasteiger partial charge in [-0.15, -0.1) is 0 Å². The summed E-state index contributed by atoms with van der Waals surface area (Å²) in [6.45, 7) is 3.62. The molecule has 0 spiro atoms. The molecule has 6 heteroatoms. The van der Waals surface area contributed by atoms with E-state index >= 15 is 0 Å². The molecule has 94 valence electrons. The summed E-state index contributed by atoms with van der Waals surface area (Å²) < 4.78 is 39.9. The third-order valence-electron chi connectivity index (χ3n) is 2.97. The molecule has 1 aliphatic rings. The SMILES string of the molecule is CC(C)(NS(=O)(=O)c1ncccc1F)C1CC1. The van der Waals surface area contributed by atoms with Gasteiger partial charge in [-0.1, -0.05) is 0 Å². The van der Waals surface area contributed by atoms with Crippen molar-refractivity contribution in [3.63, 3.8) is 0 Å². The van der Waals surface area contributed by atoms with Crippen molar-refractivity contribution in [2.75, 3.05) is 0 Å². The number of nitrogens with zero attached hydrogens (tertiary/aromatic N) is 1. The van der Waals surface area contributed by atoms with Gasteiger partial charge in [0, 0.05) is 11.7 Å². The Bertz CT molecular complexity index is 524. The van der Waals surface area contributed by atoms with Gasteiger partial charge < -0.3 is 0 Å². The van der Waals surface area contributed by atoms with Crippen molar-refractivity contribution in [2.45, 2.75) is 37.3 Å². The van der Waals surface area contributed by atoms with E-state index < -0.39 is 26.4 Å². The maximum atomic E-state index is 13.4. The average molecular weight is 258 g/mol. The zero-order valence-corrected chi connectivity index (χ0v) is 10.6. The zero-order valence-electron chi connectivity index (χ0n) is 9.77. The summed E-state index contributed by atoms with van der Waals surface area (Å²) in [5, 5.41) is -0.534. The van der Waals surface area contributed by atoms with Crippen LogP contribution in [0.15, 0.2) is 23.4 Å². The first-order chi connectivity index (χ1) is 7.83. The molecule has 1 aliphatic carbocycles. The first kappa shape index (κ1) is 12.4. The Kier molecular flexibility index (Phi) is 2.95. The van der Waals surface area contributed by atoms with Crippen LogP contribution in [0.25, 0.3) is 0 Å². The molecule has 0 saturated heterocycles. The van der Waals surface area contributed by atoms with E-state index in [1.807, 2.05) is 13.8 Å². The van der Waals surface area contributed by atoms with Crippen LogP contribution in [0.2, 0.25) is 0 Å². The lowest BCUT2D eigenvalue weighted by molar-refractivity contribution is 0.398. The average Bonchev–Trinajstić information content (AvgIpc) is 2.99. The molecule has 0 radical (unpaired) electrons. The molecule has 1 N–H and O–H groups in total. The molecule has 0 bridgehead atoms. The molecule has 17 heavy (non-hydrogen) atoms. The molecule has 1 saturated carbocycles. The van der Waals surface area contributed by atoms with E-state index in [-0.39, 0.29) is 0 Å². The first-order valence-electron chi connectivity index (χ1n) is 5.47. The van der Waals surface area contributed by atoms with Crippen LogP contribution >= 0.6 is 0 Å². The molecule has 0 unspecified atom stereocenters. The number of hydrogen-bond donors (Lipinski definition) is 1. The summed E-state index contributed by atoms with van der Waals surface area (Å²) in [6.07, 6.45) is 3.27. The van der Waals surface area contributed by atoms with Gasteiger partial charge in [0.15, 0.2) is 5.82 Å². The van der Waals surface area contributed by atoms with E-state index in [1.165, 1.54) is 12.3 Å². The Labute approximate surface area is 100 Å². The fraction of sp³-hybridized carbons (Fsp3) is 0.545. The quantitative estimate of drug-likeness (QED) is 0.894. The van der Waals surface area contributed by atoms with Gasteiger partial charge in [-0.25, -0.2) is 22.5 Å². The molecule has 4 nitrogen and oxygen atoms in total. The highest BCUT2D eigenvalue weighted by atomic mass is 32.2. The lowest BCUT2D eigenvalue weighted by atomic mass is 10.0. The molecule has 1 aromatic rings. The summed E-state index contributed by atoms with van der Waals surface area (Å²) in [6, 6.07) is 2.45. The van der Waals surface area contributed by atoms with Crippen molar-refractivity contribution < 1.29 is 12.8 Å². The van der Waals surface area contributed by atoms with Crippen molar-refractivity contribution in [3.8, 4) is 0 Å². The second-order valence-corrected chi connectivity index (χ2v) is 6.49. The number of sulfonamides is 1. The lowest BCUT2D eigenvalue weighted by Crippen LogP contribution is -2.45. The van der Waals surface area contributed by atoms with Crippen LogP contribution in [0.5, 0.6) is 0 Å². The van der Waals surface area contributed by atoms with Crippen molar-refractivity contribution in [1.29, 1.82) is 0 Å². The second-order valence-electron chi connectivity index (χ2n) is 4.89. The summed E-state index contributed by atoms with van der Waals surface area (Å²) in [5.41, 5.74) is -0.553. The van der Waals surface area contributed by atoms with E-state index in [0.717, 1.165) is 18.9 Å². The van der Waals surface area contributed by atoms with E-state index in [0.29, 0.717) is 5.92 Å². The fourth-order valence-electron chi connectivity index (χ4n) is 1.85. The number of hydrogen-bond acceptors (Lipinski definition) is 3. The van der Waals surface area contributed by atoms with Gasteiger partial charge in [0.2, 0.25) is 5.03 Å². The van der Waals surface area contributed by atoms with Crippen molar-refractivity contribution in [1.82, 2.24) is 9.71 Å². The van der Waals surface area contributed by atoms with Gasteiger partial charge >= 0.3 is 0 Å². The summed E-state index contributed by atoms with van der Waals surface area (Å²) in [4.78, 5) is 3.59. The number of pyridine rings is 1. The van der Waals surface area contributed by atoms with Crippen molar-refractivity contribution in [3.05, 3.63) is 24.1 Å². The van der Waals surface area contributed by atoms with Gasteiger partial charge in [0.25, 0.3) is 10.0 Å². The Morgan fingerprint density at radius 2 is 2.12 bits per heavy atom. The topological polar surface area (TPSA) is 59.1 Å². The van der Waals surface area contributed by atoms with Crippen molar-refractivity contribution in [2.24, 2.45) is 5.92 Å². The molecule has 1 aromatic heterocycles. The predicted molar refractivity (Wildman–Crippen MR) is 61.3 cm³/mol. The summed E-state index contributed by atoms with van der Waals surface area (Å²) >= 11 is 0. The van der Waals surface area contributed by atoms with Gasteiger partial charge in [0.1, 0.15) is 0 Å². The Morgan fingerprint density at radius 3 is 2.65 bits per heavy atom. The smallest absolute Gasteiger partial charge is 0.241 e. The van der Waals surface area contributed by atoms with Crippen LogP contribution in [0.3, 0.4) is 0 Å². The van der Waals surface area contributed by atoms with Crippen LogP contribution in [0.4, 0.5) is 4.39 Å². The van der Waals surface area contributed by atoms with Gasteiger partial charge in [0.05, 0.1) is 0 Å². The standard InChI is InChI=1S/C11H15FN2O2S/c1-11(2,8-5-6-8)14-17(15,16)10-9(12)4-3-7-13-10/h3-4,7-8,14H,5-6H2,1-2H3. The van der Waals surface area contributed by atoms with E-state index in [9.17, 15) is 12.8 Å². The molecule has 0 amide bonds. The fourth-order valence-corrected chi connectivity index (χ4v) is 3.33. The molecule has 1 heterocycles. The van der Waals surface area contributed by atoms with Crippen LogP contribution in [-0.4, -0.2) is 18.9 Å².